The molecule has 0 fully saturated rings. The van der Waals surface area contributed by atoms with Gasteiger partial charge in [-0.15, -0.1) is 0 Å². The van der Waals surface area contributed by atoms with Crippen LogP contribution in [0.4, 0.5) is 0 Å². The van der Waals surface area contributed by atoms with Crippen molar-refractivity contribution in [3.63, 3.8) is 0 Å². The zero-order valence-electron chi connectivity index (χ0n) is 17.7. The van der Waals surface area contributed by atoms with Crippen LogP contribution in [0.15, 0.2) is 58.1 Å². The number of rotatable bonds is 6. The van der Waals surface area contributed by atoms with E-state index in [9.17, 15) is 14.4 Å². The van der Waals surface area contributed by atoms with Crippen molar-refractivity contribution in [3.8, 4) is 5.69 Å². The van der Waals surface area contributed by atoms with Gasteiger partial charge in [-0.05, 0) is 50.5 Å². The van der Waals surface area contributed by atoms with E-state index in [2.05, 4.69) is 10.4 Å². The lowest BCUT2D eigenvalue weighted by Crippen LogP contribution is -2.47. The van der Waals surface area contributed by atoms with E-state index in [1.54, 1.807) is 18.2 Å². The maximum Gasteiger partial charge on any atom is 0.352 e. The zero-order chi connectivity index (χ0) is 21.8. The highest BCUT2D eigenvalue weighted by atomic mass is 16.2. The fourth-order valence-corrected chi connectivity index (χ4v) is 2.99. The predicted octanol–water partition coefficient (Wildman–Crippen LogP) is 2.59. The van der Waals surface area contributed by atoms with Crippen LogP contribution in [0.2, 0.25) is 0 Å². The van der Waals surface area contributed by atoms with E-state index in [4.69, 9.17) is 0 Å². The second kappa shape index (κ2) is 8.90. The number of nitrogens with zero attached hydrogens (tertiary/aromatic N) is 3. The molecule has 7 nitrogen and oxygen atoms in total. The molecule has 1 unspecified atom stereocenters. The van der Waals surface area contributed by atoms with Gasteiger partial charge in [0.2, 0.25) is 5.69 Å². The first-order valence-electron chi connectivity index (χ1n) is 9.97. The molecule has 0 radical (unpaired) electrons. The van der Waals surface area contributed by atoms with Crippen molar-refractivity contribution in [1.82, 2.24) is 19.7 Å². The van der Waals surface area contributed by atoms with E-state index in [-0.39, 0.29) is 18.3 Å². The minimum absolute atomic E-state index is 0.0515. The average molecular weight is 406 g/mol. The number of aromatic nitrogens is 3. The molecule has 3 aromatic rings. The lowest BCUT2D eigenvalue weighted by molar-refractivity contribution is 0.0929. The number of carbonyl (C=O) groups excluding carboxylic acids is 1. The van der Waals surface area contributed by atoms with Crippen molar-refractivity contribution in [2.24, 2.45) is 0 Å². The molecular weight excluding hydrogens is 380 g/mol. The van der Waals surface area contributed by atoms with Crippen molar-refractivity contribution in [1.29, 1.82) is 0 Å². The number of hydrogen-bond donors (Lipinski definition) is 1. The van der Waals surface area contributed by atoms with Gasteiger partial charge < -0.3 is 5.32 Å². The molecule has 0 saturated carbocycles. The molecule has 0 aliphatic rings. The van der Waals surface area contributed by atoms with Crippen LogP contribution in [-0.4, -0.2) is 26.3 Å². The molecule has 0 aliphatic carbocycles. The van der Waals surface area contributed by atoms with E-state index in [0.717, 1.165) is 25.9 Å². The van der Waals surface area contributed by atoms with Gasteiger partial charge in [0.05, 0.1) is 12.2 Å². The summed E-state index contributed by atoms with van der Waals surface area (Å²) in [6.45, 7) is 7.69. The summed E-state index contributed by atoms with van der Waals surface area (Å²) < 4.78 is 2.18. The van der Waals surface area contributed by atoms with Crippen LogP contribution in [0.25, 0.3) is 5.69 Å². The van der Waals surface area contributed by atoms with Crippen LogP contribution in [-0.2, 0) is 6.54 Å². The smallest absolute Gasteiger partial charge is 0.348 e. The highest BCUT2D eigenvalue weighted by molar-refractivity contribution is 5.91. The Morgan fingerprint density at radius 1 is 1.07 bits per heavy atom. The number of amides is 1. The first-order valence-corrected chi connectivity index (χ1v) is 9.97. The Morgan fingerprint density at radius 2 is 1.77 bits per heavy atom. The SMILES string of the molecule is CCC(C)NC(=O)c1nn(-c2cccc(C)c2)c(=O)n(Cc2ccc(C)cc2)c1=O. The maximum atomic E-state index is 13.2. The Bertz CT molecular complexity index is 1180. The quantitative estimate of drug-likeness (QED) is 0.682. The van der Waals surface area contributed by atoms with Gasteiger partial charge in [-0.2, -0.15) is 9.78 Å². The molecule has 1 heterocycles. The molecule has 2 aromatic carbocycles. The number of hydrogen-bond acceptors (Lipinski definition) is 4. The van der Waals surface area contributed by atoms with Crippen LogP contribution < -0.4 is 16.6 Å². The minimum atomic E-state index is -0.703. The third kappa shape index (κ3) is 4.56. The maximum absolute atomic E-state index is 13.2. The van der Waals surface area contributed by atoms with Gasteiger partial charge in [-0.25, -0.2) is 4.79 Å². The number of nitrogens with one attached hydrogen (secondary N) is 1. The van der Waals surface area contributed by atoms with Crippen LogP contribution in [0.3, 0.4) is 0 Å². The minimum Gasteiger partial charge on any atom is -0.348 e. The van der Waals surface area contributed by atoms with Crippen molar-refractivity contribution in [2.75, 3.05) is 0 Å². The van der Waals surface area contributed by atoms with Crippen LogP contribution >= 0.6 is 0 Å². The van der Waals surface area contributed by atoms with Gasteiger partial charge in [0.25, 0.3) is 11.5 Å². The van der Waals surface area contributed by atoms with E-state index in [1.165, 1.54) is 0 Å². The monoisotopic (exact) mass is 406 g/mol. The van der Waals surface area contributed by atoms with Gasteiger partial charge in [-0.3, -0.25) is 14.2 Å². The highest BCUT2D eigenvalue weighted by Crippen LogP contribution is 2.08. The van der Waals surface area contributed by atoms with E-state index in [1.807, 2.05) is 58.0 Å². The summed E-state index contributed by atoms with van der Waals surface area (Å²) in [5, 5.41) is 6.91. The molecule has 3 rings (SSSR count). The van der Waals surface area contributed by atoms with Gasteiger partial charge >= 0.3 is 5.69 Å². The molecule has 7 heteroatoms. The molecule has 0 spiro atoms. The molecule has 0 saturated heterocycles. The molecule has 1 aromatic heterocycles. The van der Waals surface area contributed by atoms with Gasteiger partial charge in [0.1, 0.15) is 0 Å². The Kier molecular flexibility index (Phi) is 6.30. The lowest BCUT2D eigenvalue weighted by atomic mass is 10.1. The first kappa shape index (κ1) is 21.2. The van der Waals surface area contributed by atoms with Crippen LogP contribution in [0.5, 0.6) is 0 Å². The summed E-state index contributed by atoms with van der Waals surface area (Å²) in [4.78, 5) is 39.0. The number of benzene rings is 2. The molecule has 1 amide bonds. The third-order valence-electron chi connectivity index (χ3n) is 4.97. The van der Waals surface area contributed by atoms with Gasteiger partial charge in [-0.1, -0.05) is 48.9 Å². The second-order valence-electron chi connectivity index (χ2n) is 7.54. The predicted molar refractivity (Wildman–Crippen MR) is 116 cm³/mol. The molecular formula is C23H26N4O3. The average Bonchev–Trinajstić information content (AvgIpc) is 2.72. The second-order valence-corrected chi connectivity index (χ2v) is 7.54. The van der Waals surface area contributed by atoms with E-state index in [0.29, 0.717) is 12.1 Å². The highest BCUT2D eigenvalue weighted by Gasteiger charge is 2.21. The molecule has 30 heavy (non-hydrogen) atoms. The summed E-state index contributed by atoms with van der Waals surface area (Å²) in [5.74, 6) is -0.589. The normalized spacial score (nSPS) is 11.9. The Morgan fingerprint density at radius 3 is 2.40 bits per heavy atom. The van der Waals surface area contributed by atoms with Crippen LogP contribution in [0, 0.1) is 13.8 Å². The Hall–Kier alpha value is -3.48. The Balaban J connectivity index is 2.18. The molecule has 0 bridgehead atoms. The van der Waals surface area contributed by atoms with E-state index >= 15 is 0 Å². The zero-order valence-corrected chi connectivity index (χ0v) is 17.7. The van der Waals surface area contributed by atoms with E-state index < -0.39 is 17.2 Å². The number of carbonyl (C=O) groups is 1. The summed E-state index contributed by atoms with van der Waals surface area (Å²) in [7, 11) is 0. The fraction of sp³-hybridized carbons (Fsp3) is 0.304. The van der Waals surface area contributed by atoms with Crippen LogP contribution in [0.1, 0.15) is 47.4 Å². The molecule has 156 valence electrons. The molecule has 1 atom stereocenters. The Labute approximate surface area is 175 Å². The summed E-state index contributed by atoms with van der Waals surface area (Å²) in [5.41, 5.74) is 1.69. The summed E-state index contributed by atoms with van der Waals surface area (Å²) >= 11 is 0. The van der Waals surface area contributed by atoms with Gasteiger partial charge in [0, 0.05) is 6.04 Å². The fourth-order valence-electron chi connectivity index (χ4n) is 2.99. The standard InChI is InChI=1S/C23H26N4O3/c1-5-17(4)24-21(28)20-22(29)26(14-18-11-9-15(2)10-12-18)23(30)27(25-20)19-8-6-7-16(3)13-19/h6-13,17H,5,14H2,1-4H3,(H,24,28). The van der Waals surface area contributed by atoms with Crippen molar-refractivity contribution in [2.45, 2.75) is 46.7 Å². The van der Waals surface area contributed by atoms with Crippen molar-refractivity contribution >= 4 is 5.91 Å². The van der Waals surface area contributed by atoms with Crippen molar-refractivity contribution < 1.29 is 4.79 Å². The molecule has 0 aliphatic heterocycles. The third-order valence-corrected chi connectivity index (χ3v) is 4.97. The first-order chi connectivity index (χ1) is 14.3. The lowest BCUT2D eigenvalue weighted by Gasteiger charge is -2.14. The largest absolute Gasteiger partial charge is 0.352 e. The van der Waals surface area contributed by atoms with Crippen molar-refractivity contribution in [3.05, 3.63) is 91.8 Å². The van der Waals surface area contributed by atoms with Gasteiger partial charge in [0.15, 0.2) is 0 Å². The summed E-state index contributed by atoms with van der Waals surface area (Å²) in [6.07, 6.45) is 0.709. The summed E-state index contributed by atoms with van der Waals surface area (Å²) in [6, 6.07) is 14.6. The topological polar surface area (TPSA) is 86.0 Å². The molecule has 1 N–H and O–H groups in total. The number of aryl methyl sites for hydroxylation is 2.